The number of hydrogen-bond donors (Lipinski definition) is 1. The Balaban J connectivity index is 2.40. The first kappa shape index (κ1) is 15.7. The minimum Gasteiger partial charge on any atom is -0.367 e. The Labute approximate surface area is 115 Å². The second-order valence-corrected chi connectivity index (χ2v) is 5.16. The van der Waals surface area contributed by atoms with Crippen LogP contribution in [0.4, 0.5) is 0 Å². The number of rotatable bonds is 11. The predicted octanol–water partition coefficient (Wildman–Crippen LogP) is 3.47. The second kappa shape index (κ2) is 9.54. The van der Waals surface area contributed by atoms with Crippen molar-refractivity contribution in [2.45, 2.75) is 58.3 Å². The zero-order chi connectivity index (χ0) is 13.9. The Kier molecular flexibility index (Phi) is 7.87. The van der Waals surface area contributed by atoms with Gasteiger partial charge >= 0.3 is 0 Å². The van der Waals surface area contributed by atoms with Crippen LogP contribution in [0.1, 0.15) is 56.6 Å². The Bertz CT molecular complexity index is 371. The fraction of sp³-hybridized carbons (Fsp3) is 0.625. The van der Waals surface area contributed by atoms with Gasteiger partial charge in [-0.05, 0) is 43.2 Å². The molecular weight excluding hydrogens is 238 g/mol. The van der Waals surface area contributed by atoms with Crippen molar-refractivity contribution in [3.05, 3.63) is 23.5 Å². The van der Waals surface area contributed by atoms with E-state index in [0.717, 1.165) is 57.5 Å². The molecule has 1 aromatic heterocycles. The topological polar surface area (TPSA) is 49.9 Å². The van der Waals surface area contributed by atoms with Gasteiger partial charge in [0.2, 0.25) is 0 Å². The molecule has 1 atom stereocenters. The van der Waals surface area contributed by atoms with Crippen LogP contribution < -0.4 is 0 Å². The standard InChI is InChI=1S/C16H25NO2/c1-2-7-14(13-19)10-16-12-17-11-15(16)8-5-3-4-6-9-18/h9,11-14,17H,2-8,10H2,1H3. The summed E-state index contributed by atoms with van der Waals surface area (Å²) in [6, 6.07) is 0. The van der Waals surface area contributed by atoms with Crippen molar-refractivity contribution in [1.29, 1.82) is 0 Å². The van der Waals surface area contributed by atoms with Crippen molar-refractivity contribution >= 4 is 12.6 Å². The zero-order valence-corrected chi connectivity index (χ0v) is 11.9. The van der Waals surface area contributed by atoms with Crippen LogP contribution in [0.3, 0.4) is 0 Å². The lowest BCUT2D eigenvalue weighted by Crippen LogP contribution is -2.06. The van der Waals surface area contributed by atoms with Crippen molar-refractivity contribution in [3.8, 4) is 0 Å². The van der Waals surface area contributed by atoms with E-state index in [1.165, 1.54) is 11.1 Å². The summed E-state index contributed by atoms with van der Waals surface area (Å²) in [5.41, 5.74) is 2.61. The van der Waals surface area contributed by atoms with Gasteiger partial charge in [-0.15, -0.1) is 0 Å². The van der Waals surface area contributed by atoms with Gasteiger partial charge in [0.25, 0.3) is 0 Å². The van der Waals surface area contributed by atoms with Gasteiger partial charge in [0.05, 0.1) is 0 Å². The number of aromatic amines is 1. The quantitative estimate of drug-likeness (QED) is 0.491. The van der Waals surface area contributed by atoms with E-state index in [0.29, 0.717) is 6.42 Å². The van der Waals surface area contributed by atoms with Gasteiger partial charge < -0.3 is 14.6 Å². The maximum atomic E-state index is 11.0. The molecule has 0 aromatic carbocycles. The van der Waals surface area contributed by atoms with E-state index in [1.54, 1.807) is 0 Å². The van der Waals surface area contributed by atoms with Crippen LogP contribution in [0.5, 0.6) is 0 Å². The first-order valence-corrected chi connectivity index (χ1v) is 7.35. The summed E-state index contributed by atoms with van der Waals surface area (Å²) < 4.78 is 0. The first-order chi connectivity index (χ1) is 9.31. The van der Waals surface area contributed by atoms with Gasteiger partial charge in [-0.25, -0.2) is 0 Å². The minimum atomic E-state index is 0.148. The number of nitrogens with one attached hydrogen (secondary N) is 1. The lowest BCUT2D eigenvalue weighted by Gasteiger charge is -2.09. The maximum absolute atomic E-state index is 11.0. The molecule has 0 aliphatic heterocycles. The molecule has 1 N–H and O–H groups in total. The zero-order valence-electron chi connectivity index (χ0n) is 11.9. The van der Waals surface area contributed by atoms with E-state index < -0.39 is 0 Å². The van der Waals surface area contributed by atoms with E-state index >= 15 is 0 Å². The third-order valence-corrected chi connectivity index (χ3v) is 3.53. The van der Waals surface area contributed by atoms with Crippen LogP contribution in [0, 0.1) is 5.92 Å². The summed E-state index contributed by atoms with van der Waals surface area (Å²) in [6.07, 6.45) is 13.9. The molecular formula is C16H25NO2. The number of aldehydes is 2. The molecule has 1 aromatic rings. The molecule has 0 saturated heterocycles. The Morgan fingerprint density at radius 1 is 1.16 bits per heavy atom. The number of unbranched alkanes of at least 4 members (excludes halogenated alkanes) is 3. The van der Waals surface area contributed by atoms with E-state index in [9.17, 15) is 9.59 Å². The molecule has 1 unspecified atom stereocenters. The van der Waals surface area contributed by atoms with E-state index in [2.05, 4.69) is 11.9 Å². The normalized spacial score (nSPS) is 12.3. The van der Waals surface area contributed by atoms with Gasteiger partial charge in [0.1, 0.15) is 12.6 Å². The largest absolute Gasteiger partial charge is 0.367 e. The van der Waals surface area contributed by atoms with Crippen LogP contribution in [0.25, 0.3) is 0 Å². The molecule has 3 heteroatoms. The van der Waals surface area contributed by atoms with Crippen molar-refractivity contribution in [1.82, 2.24) is 4.98 Å². The molecule has 0 aliphatic rings. The van der Waals surface area contributed by atoms with E-state index in [-0.39, 0.29) is 5.92 Å². The van der Waals surface area contributed by atoms with Gasteiger partial charge in [0, 0.05) is 24.7 Å². The number of aromatic nitrogens is 1. The number of carbonyl (C=O) groups is 2. The summed E-state index contributed by atoms with van der Waals surface area (Å²) in [5, 5.41) is 0. The average molecular weight is 263 g/mol. The molecule has 0 aliphatic carbocycles. The highest BCUT2D eigenvalue weighted by atomic mass is 16.1. The maximum Gasteiger partial charge on any atom is 0.123 e. The molecule has 0 saturated carbocycles. The fourth-order valence-corrected chi connectivity index (χ4v) is 2.44. The highest BCUT2D eigenvalue weighted by Crippen LogP contribution is 2.18. The summed E-state index contributed by atoms with van der Waals surface area (Å²) in [7, 11) is 0. The second-order valence-electron chi connectivity index (χ2n) is 5.16. The third kappa shape index (κ3) is 5.86. The van der Waals surface area contributed by atoms with E-state index in [1.807, 2.05) is 12.4 Å². The monoisotopic (exact) mass is 263 g/mol. The van der Waals surface area contributed by atoms with Gasteiger partial charge in [-0.3, -0.25) is 0 Å². The number of carbonyl (C=O) groups excluding carboxylic acids is 2. The van der Waals surface area contributed by atoms with Crippen LogP contribution in [-0.2, 0) is 22.4 Å². The van der Waals surface area contributed by atoms with Gasteiger partial charge in [-0.1, -0.05) is 19.8 Å². The summed E-state index contributed by atoms with van der Waals surface area (Å²) in [4.78, 5) is 24.4. The molecule has 0 spiro atoms. The van der Waals surface area contributed by atoms with Crippen LogP contribution in [0.15, 0.2) is 12.4 Å². The summed E-state index contributed by atoms with van der Waals surface area (Å²) in [5.74, 6) is 0.148. The first-order valence-electron chi connectivity index (χ1n) is 7.35. The van der Waals surface area contributed by atoms with Gasteiger partial charge in [-0.2, -0.15) is 0 Å². The smallest absolute Gasteiger partial charge is 0.123 e. The lowest BCUT2D eigenvalue weighted by molar-refractivity contribution is -0.111. The summed E-state index contributed by atoms with van der Waals surface area (Å²) in [6.45, 7) is 2.11. The van der Waals surface area contributed by atoms with Gasteiger partial charge in [0.15, 0.2) is 0 Å². The molecule has 0 fully saturated rings. The summed E-state index contributed by atoms with van der Waals surface area (Å²) >= 11 is 0. The number of H-pyrrole nitrogens is 1. The fourth-order valence-electron chi connectivity index (χ4n) is 2.44. The van der Waals surface area contributed by atoms with Crippen molar-refractivity contribution in [2.24, 2.45) is 5.92 Å². The molecule has 1 heterocycles. The number of aryl methyl sites for hydroxylation is 1. The van der Waals surface area contributed by atoms with Crippen molar-refractivity contribution in [3.63, 3.8) is 0 Å². The Morgan fingerprint density at radius 2 is 1.95 bits per heavy atom. The molecule has 0 bridgehead atoms. The molecule has 3 nitrogen and oxygen atoms in total. The van der Waals surface area contributed by atoms with Crippen LogP contribution >= 0.6 is 0 Å². The van der Waals surface area contributed by atoms with Crippen LogP contribution in [-0.4, -0.2) is 17.6 Å². The lowest BCUT2D eigenvalue weighted by atomic mass is 9.94. The highest BCUT2D eigenvalue weighted by Gasteiger charge is 2.11. The van der Waals surface area contributed by atoms with Crippen LogP contribution in [0.2, 0.25) is 0 Å². The third-order valence-electron chi connectivity index (χ3n) is 3.53. The SMILES string of the molecule is CCCC(C=O)Cc1c[nH]cc1CCCCCC=O. The molecule has 19 heavy (non-hydrogen) atoms. The average Bonchev–Trinajstić information content (AvgIpc) is 2.85. The van der Waals surface area contributed by atoms with Crippen molar-refractivity contribution in [2.75, 3.05) is 0 Å². The Hall–Kier alpha value is -1.38. The van der Waals surface area contributed by atoms with E-state index in [4.69, 9.17) is 0 Å². The molecule has 0 radical (unpaired) electrons. The molecule has 106 valence electrons. The molecule has 0 amide bonds. The minimum absolute atomic E-state index is 0.148. The predicted molar refractivity (Wildman–Crippen MR) is 77.2 cm³/mol. The number of hydrogen-bond acceptors (Lipinski definition) is 2. The molecule has 1 rings (SSSR count). The van der Waals surface area contributed by atoms with Crippen molar-refractivity contribution < 1.29 is 9.59 Å². The highest BCUT2D eigenvalue weighted by molar-refractivity contribution is 5.54. The Morgan fingerprint density at radius 3 is 2.63 bits per heavy atom.